The first-order chi connectivity index (χ1) is 11.1. The van der Waals surface area contributed by atoms with Crippen LogP contribution in [0, 0.1) is 0 Å². The van der Waals surface area contributed by atoms with Crippen molar-refractivity contribution in [3.8, 4) is 5.75 Å². The Morgan fingerprint density at radius 1 is 1.13 bits per heavy atom. The lowest BCUT2D eigenvalue weighted by Gasteiger charge is -2.11. The second-order valence-electron chi connectivity index (χ2n) is 4.77. The molecule has 4 N–H and O–H groups in total. The molecule has 2 amide bonds. The summed E-state index contributed by atoms with van der Waals surface area (Å²) in [7, 11) is 0. The maximum absolute atomic E-state index is 12.0. The van der Waals surface area contributed by atoms with Gasteiger partial charge in [0.25, 0.3) is 5.91 Å². The van der Waals surface area contributed by atoms with Gasteiger partial charge in [-0.25, -0.2) is 0 Å². The number of carbonyl (C=O) groups excluding carboxylic acids is 2. The van der Waals surface area contributed by atoms with Gasteiger partial charge in [0.05, 0.1) is 18.7 Å². The lowest BCUT2D eigenvalue weighted by molar-refractivity contribution is -0.114. The molecule has 0 unspecified atom stereocenters. The molecule has 0 bridgehead atoms. The summed E-state index contributed by atoms with van der Waals surface area (Å²) in [4.78, 5) is 23.3. The number of benzene rings is 2. The lowest BCUT2D eigenvalue weighted by atomic mass is 10.1. The van der Waals surface area contributed by atoms with Crippen molar-refractivity contribution in [3.63, 3.8) is 0 Å². The Bertz CT molecular complexity index is 701. The third-order valence-electron chi connectivity index (χ3n) is 3.06. The first-order valence-electron chi connectivity index (χ1n) is 7.25. The van der Waals surface area contributed by atoms with Crippen molar-refractivity contribution < 1.29 is 14.3 Å². The molecule has 0 aromatic heterocycles. The van der Waals surface area contributed by atoms with Gasteiger partial charge in [-0.2, -0.15) is 0 Å². The zero-order valence-electron chi connectivity index (χ0n) is 12.8. The number of anilines is 2. The molecule has 2 rings (SSSR count). The van der Waals surface area contributed by atoms with Crippen LogP contribution in [0.5, 0.6) is 5.75 Å². The van der Waals surface area contributed by atoms with Crippen LogP contribution in [0.2, 0.25) is 0 Å². The third-order valence-corrected chi connectivity index (χ3v) is 3.06. The summed E-state index contributed by atoms with van der Waals surface area (Å²) in [6, 6.07) is 13.9. The lowest BCUT2D eigenvalue weighted by Crippen LogP contribution is -2.23. The fourth-order valence-electron chi connectivity index (χ4n) is 2.06. The van der Waals surface area contributed by atoms with Crippen LogP contribution >= 0.6 is 0 Å². The van der Waals surface area contributed by atoms with Crippen molar-refractivity contribution in [3.05, 3.63) is 54.1 Å². The Balaban J connectivity index is 1.95. The minimum atomic E-state index is -0.544. The molecule has 6 nitrogen and oxygen atoms in total. The molecule has 0 aliphatic carbocycles. The molecule has 0 radical (unpaired) electrons. The standard InChI is InChI=1S/C17H19N3O3/c1-2-23-13-7-5-6-12(10-13)20-16(21)11-19-15-9-4-3-8-14(15)17(18)22/h3-10,19H,2,11H2,1H3,(H2,18,22)(H,20,21). The summed E-state index contributed by atoms with van der Waals surface area (Å²) in [5.41, 5.74) is 6.81. The molecule has 2 aromatic carbocycles. The van der Waals surface area contributed by atoms with Crippen molar-refractivity contribution in [1.29, 1.82) is 0 Å². The molecule has 6 heteroatoms. The topological polar surface area (TPSA) is 93.4 Å². The first-order valence-corrected chi connectivity index (χ1v) is 7.25. The van der Waals surface area contributed by atoms with Crippen molar-refractivity contribution >= 4 is 23.2 Å². The van der Waals surface area contributed by atoms with Crippen LogP contribution in [0.1, 0.15) is 17.3 Å². The number of rotatable bonds is 7. The number of amides is 2. The van der Waals surface area contributed by atoms with Gasteiger partial charge in [-0.15, -0.1) is 0 Å². The average Bonchev–Trinajstić information content (AvgIpc) is 2.54. The van der Waals surface area contributed by atoms with Crippen molar-refractivity contribution in [2.45, 2.75) is 6.92 Å². The first kappa shape index (κ1) is 16.4. The molecule has 0 aliphatic heterocycles. The number of hydrogen-bond donors (Lipinski definition) is 3. The monoisotopic (exact) mass is 313 g/mol. The Kier molecular flexibility index (Phi) is 5.57. The quantitative estimate of drug-likeness (QED) is 0.730. The highest BCUT2D eigenvalue weighted by Crippen LogP contribution is 2.17. The predicted octanol–water partition coefficient (Wildman–Crippen LogP) is 2.23. The Hall–Kier alpha value is -3.02. The van der Waals surface area contributed by atoms with E-state index in [0.717, 1.165) is 0 Å². The summed E-state index contributed by atoms with van der Waals surface area (Å²) in [5, 5.41) is 5.67. The molecule has 0 atom stereocenters. The molecular weight excluding hydrogens is 294 g/mol. The molecule has 120 valence electrons. The molecule has 0 spiro atoms. The van der Waals surface area contributed by atoms with E-state index in [-0.39, 0.29) is 12.5 Å². The van der Waals surface area contributed by atoms with Gasteiger partial charge in [-0.05, 0) is 31.2 Å². The fourth-order valence-corrected chi connectivity index (χ4v) is 2.06. The second-order valence-corrected chi connectivity index (χ2v) is 4.77. The Morgan fingerprint density at radius 3 is 2.65 bits per heavy atom. The number of carbonyl (C=O) groups is 2. The van der Waals surface area contributed by atoms with Crippen LogP contribution in [0.4, 0.5) is 11.4 Å². The minimum Gasteiger partial charge on any atom is -0.494 e. The molecule has 23 heavy (non-hydrogen) atoms. The van der Waals surface area contributed by atoms with Crippen LogP contribution in [-0.2, 0) is 4.79 Å². The van der Waals surface area contributed by atoms with E-state index in [1.165, 1.54) is 0 Å². The zero-order valence-corrected chi connectivity index (χ0v) is 12.8. The number of ether oxygens (including phenoxy) is 1. The highest BCUT2D eigenvalue weighted by atomic mass is 16.5. The van der Waals surface area contributed by atoms with E-state index in [0.29, 0.717) is 29.3 Å². The Morgan fingerprint density at radius 2 is 1.91 bits per heavy atom. The van der Waals surface area contributed by atoms with E-state index in [9.17, 15) is 9.59 Å². The van der Waals surface area contributed by atoms with Gasteiger partial charge in [0.2, 0.25) is 5.91 Å². The normalized spacial score (nSPS) is 9.96. The van der Waals surface area contributed by atoms with Crippen LogP contribution < -0.4 is 21.1 Å². The molecular formula is C17H19N3O3. The van der Waals surface area contributed by atoms with Crippen molar-refractivity contribution in [2.24, 2.45) is 5.73 Å². The number of nitrogens with two attached hydrogens (primary N) is 1. The van der Waals surface area contributed by atoms with Gasteiger partial charge in [-0.1, -0.05) is 18.2 Å². The molecule has 0 saturated carbocycles. The van der Waals surface area contributed by atoms with E-state index < -0.39 is 5.91 Å². The predicted molar refractivity (Wildman–Crippen MR) is 89.7 cm³/mol. The number of para-hydroxylation sites is 1. The molecule has 0 aliphatic rings. The number of nitrogens with one attached hydrogen (secondary N) is 2. The van der Waals surface area contributed by atoms with E-state index in [2.05, 4.69) is 10.6 Å². The summed E-state index contributed by atoms with van der Waals surface area (Å²) in [6.07, 6.45) is 0. The van der Waals surface area contributed by atoms with Gasteiger partial charge in [0.15, 0.2) is 0 Å². The third kappa shape index (κ3) is 4.74. The van der Waals surface area contributed by atoms with Gasteiger partial charge in [0, 0.05) is 17.4 Å². The van der Waals surface area contributed by atoms with Gasteiger partial charge >= 0.3 is 0 Å². The van der Waals surface area contributed by atoms with E-state index in [1.54, 1.807) is 42.5 Å². The van der Waals surface area contributed by atoms with E-state index >= 15 is 0 Å². The average molecular weight is 313 g/mol. The second kappa shape index (κ2) is 7.84. The highest BCUT2D eigenvalue weighted by molar-refractivity contribution is 6.00. The maximum atomic E-state index is 12.0. The molecule has 2 aromatic rings. The summed E-state index contributed by atoms with van der Waals surface area (Å²) < 4.78 is 5.38. The zero-order chi connectivity index (χ0) is 16.7. The summed E-state index contributed by atoms with van der Waals surface area (Å²) >= 11 is 0. The van der Waals surface area contributed by atoms with E-state index in [4.69, 9.17) is 10.5 Å². The summed E-state index contributed by atoms with van der Waals surface area (Å²) in [5.74, 6) is -0.0896. The van der Waals surface area contributed by atoms with Gasteiger partial charge in [-0.3, -0.25) is 9.59 Å². The maximum Gasteiger partial charge on any atom is 0.250 e. The van der Waals surface area contributed by atoms with E-state index in [1.807, 2.05) is 13.0 Å². The van der Waals surface area contributed by atoms with Crippen molar-refractivity contribution in [1.82, 2.24) is 0 Å². The molecule has 0 fully saturated rings. The SMILES string of the molecule is CCOc1cccc(NC(=O)CNc2ccccc2C(N)=O)c1. The Labute approximate surface area is 134 Å². The largest absolute Gasteiger partial charge is 0.494 e. The smallest absolute Gasteiger partial charge is 0.250 e. The molecule has 0 heterocycles. The van der Waals surface area contributed by atoms with Crippen LogP contribution in [-0.4, -0.2) is 25.0 Å². The number of primary amides is 1. The van der Waals surface area contributed by atoms with Gasteiger partial charge < -0.3 is 21.1 Å². The molecule has 0 saturated heterocycles. The van der Waals surface area contributed by atoms with Crippen molar-refractivity contribution in [2.75, 3.05) is 23.8 Å². The van der Waals surface area contributed by atoms with Crippen LogP contribution in [0.15, 0.2) is 48.5 Å². The fraction of sp³-hybridized carbons (Fsp3) is 0.176. The van der Waals surface area contributed by atoms with Crippen LogP contribution in [0.25, 0.3) is 0 Å². The van der Waals surface area contributed by atoms with Crippen LogP contribution in [0.3, 0.4) is 0 Å². The minimum absolute atomic E-state index is 0.0170. The van der Waals surface area contributed by atoms with Gasteiger partial charge in [0.1, 0.15) is 5.75 Å². The summed E-state index contributed by atoms with van der Waals surface area (Å²) in [6.45, 7) is 2.47. The number of hydrogen-bond acceptors (Lipinski definition) is 4. The highest BCUT2D eigenvalue weighted by Gasteiger charge is 2.09.